The van der Waals surface area contributed by atoms with Crippen molar-refractivity contribution < 1.29 is 4.79 Å². The minimum atomic E-state index is -0.355. The molecule has 0 heterocycles. The molecule has 0 aliphatic rings. The number of carbonyl (C=O) groups is 1. The van der Waals surface area contributed by atoms with Gasteiger partial charge in [-0.2, -0.15) is 0 Å². The van der Waals surface area contributed by atoms with E-state index in [1.54, 1.807) is 0 Å². The Morgan fingerprint density at radius 2 is 1.50 bits per heavy atom. The van der Waals surface area contributed by atoms with Gasteiger partial charge in [-0.1, -0.05) is 51.1 Å². The molecule has 1 N–H and O–H groups in total. The quantitative estimate of drug-likeness (QED) is 0.813. The summed E-state index contributed by atoms with van der Waals surface area (Å²) in [6.07, 6.45) is 0. The van der Waals surface area contributed by atoms with Crippen LogP contribution in [-0.4, -0.2) is 5.91 Å². The van der Waals surface area contributed by atoms with Gasteiger partial charge in [-0.05, 0) is 19.4 Å². The zero-order chi connectivity index (χ0) is 12.4. The van der Waals surface area contributed by atoms with E-state index in [-0.39, 0.29) is 16.9 Å². The van der Waals surface area contributed by atoms with Crippen LogP contribution >= 0.6 is 0 Å². The lowest BCUT2D eigenvalue weighted by Crippen LogP contribution is -2.46. The van der Waals surface area contributed by atoms with Crippen LogP contribution in [0, 0.1) is 5.41 Å². The predicted molar refractivity (Wildman–Crippen MR) is 67.1 cm³/mol. The molecule has 0 aliphatic carbocycles. The van der Waals surface area contributed by atoms with Crippen LogP contribution < -0.4 is 5.32 Å². The minimum Gasteiger partial charge on any atom is -0.347 e. The number of rotatable bonds is 2. The maximum atomic E-state index is 11.9. The molecule has 0 aliphatic heterocycles. The van der Waals surface area contributed by atoms with E-state index in [9.17, 15) is 4.79 Å². The monoisotopic (exact) mass is 219 g/mol. The summed E-state index contributed by atoms with van der Waals surface area (Å²) in [6.45, 7) is 9.80. The van der Waals surface area contributed by atoms with E-state index in [1.807, 2.05) is 65.0 Å². The molecule has 0 saturated heterocycles. The standard InChI is InChI=1S/C14H21NO/c1-13(2,3)12(16)15-14(4,5)11-9-7-6-8-10-11/h6-10H,1-5H3,(H,15,16). The highest BCUT2D eigenvalue weighted by molar-refractivity contribution is 5.82. The van der Waals surface area contributed by atoms with Crippen molar-refractivity contribution in [2.45, 2.75) is 40.2 Å². The number of hydrogen-bond donors (Lipinski definition) is 1. The molecular formula is C14H21NO. The Hall–Kier alpha value is -1.31. The average molecular weight is 219 g/mol. The molecule has 0 aromatic heterocycles. The fourth-order valence-corrected chi connectivity index (χ4v) is 1.40. The molecular weight excluding hydrogens is 198 g/mol. The van der Waals surface area contributed by atoms with Gasteiger partial charge in [0.25, 0.3) is 0 Å². The molecule has 0 bridgehead atoms. The van der Waals surface area contributed by atoms with E-state index in [0.29, 0.717) is 0 Å². The first kappa shape index (κ1) is 12.8. The molecule has 1 amide bonds. The summed E-state index contributed by atoms with van der Waals surface area (Å²) in [5.41, 5.74) is 0.435. The summed E-state index contributed by atoms with van der Waals surface area (Å²) < 4.78 is 0. The third-order valence-corrected chi connectivity index (χ3v) is 2.60. The van der Waals surface area contributed by atoms with Gasteiger partial charge < -0.3 is 5.32 Å². The van der Waals surface area contributed by atoms with Crippen molar-refractivity contribution in [1.29, 1.82) is 0 Å². The summed E-state index contributed by atoms with van der Waals surface area (Å²) in [4.78, 5) is 11.9. The normalized spacial score (nSPS) is 12.3. The van der Waals surface area contributed by atoms with Gasteiger partial charge in [0.05, 0.1) is 5.54 Å². The third kappa shape index (κ3) is 3.09. The Balaban J connectivity index is 2.85. The lowest BCUT2D eigenvalue weighted by Gasteiger charge is -2.30. The van der Waals surface area contributed by atoms with Crippen LogP contribution in [0.3, 0.4) is 0 Å². The topological polar surface area (TPSA) is 29.1 Å². The Morgan fingerprint density at radius 1 is 1.00 bits per heavy atom. The van der Waals surface area contributed by atoms with Gasteiger partial charge in [0.2, 0.25) is 5.91 Å². The van der Waals surface area contributed by atoms with E-state index in [0.717, 1.165) is 5.56 Å². The zero-order valence-electron chi connectivity index (χ0n) is 10.8. The maximum Gasteiger partial charge on any atom is 0.226 e. The van der Waals surface area contributed by atoms with Crippen LogP contribution in [-0.2, 0) is 10.3 Å². The number of hydrogen-bond acceptors (Lipinski definition) is 1. The molecule has 2 nitrogen and oxygen atoms in total. The lowest BCUT2D eigenvalue weighted by molar-refractivity contribution is -0.130. The summed E-state index contributed by atoms with van der Waals surface area (Å²) in [6, 6.07) is 10.0. The third-order valence-electron chi connectivity index (χ3n) is 2.60. The fraction of sp³-hybridized carbons (Fsp3) is 0.500. The van der Waals surface area contributed by atoms with Crippen molar-refractivity contribution in [3.8, 4) is 0 Å². The Morgan fingerprint density at radius 3 is 1.94 bits per heavy atom. The Kier molecular flexibility index (Phi) is 3.41. The van der Waals surface area contributed by atoms with Gasteiger partial charge in [-0.15, -0.1) is 0 Å². The van der Waals surface area contributed by atoms with Crippen LogP contribution in [0.5, 0.6) is 0 Å². The molecule has 0 unspecified atom stereocenters. The maximum absolute atomic E-state index is 11.9. The fourth-order valence-electron chi connectivity index (χ4n) is 1.40. The largest absolute Gasteiger partial charge is 0.347 e. The minimum absolute atomic E-state index is 0.0707. The highest BCUT2D eigenvalue weighted by Gasteiger charge is 2.28. The van der Waals surface area contributed by atoms with Crippen molar-refractivity contribution in [1.82, 2.24) is 5.32 Å². The molecule has 16 heavy (non-hydrogen) atoms. The van der Waals surface area contributed by atoms with E-state index >= 15 is 0 Å². The van der Waals surface area contributed by atoms with Gasteiger partial charge in [0.1, 0.15) is 0 Å². The molecule has 88 valence electrons. The van der Waals surface area contributed by atoms with Crippen molar-refractivity contribution in [2.24, 2.45) is 5.41 Å². The van der Waals surface area contributed by atoms with Gasteiger partial charge in [-0.3, -0.25) is 4.79 Å². The highest BCUT2D eigenvalue weighted by Crippen LogP contribution is 2.22. The lowest BCUT2D eigenvalue weighted by atomic mass is 9.90. The highest BCUT2D eigenvalue weighted by atomic mass is 16.2. The first-order valence-corrected chi connectivity index (χ1v) is 5.61. The Bertz CT molecular complexity index is 360. The SMILES string of the molecule is CC(C)(C)C(=O)NC(C)(C)c1ccccc1. The molecule has 1 aromatic rings. The molecule has 0 atom stereocenters. The number of amides is 1. The molecule has 1 aromatic carbocycles. The van der Waals surface area contributed by atoms with E-state index < -0.39 is 0 Å². The zero-order valence-corrected chi connectivity index (χ0v) is 10.8. The second-order valence-electron chi connectivity index (χ2n) is 5.70. The van der Waals surface area contributed by atoms with Gasteiger partial charge in [0, 0.05) is 5.41 Å². The second-order valence-corrected chi connectivity index (χ2v) is 5.70. The van der Waals surface area contributed by atoms with Crippen LogP contribution in [0.25, 0.3) is 0 Å². The summed E-state index contributed by atoms with van der Waals surface area (Å²) >= 11 is 0. The molecule has 1 rings (SSSR count). The van der Waals surface area contributed by atoms with Crippen molar-refractivity contribution in [2.75, 3.05) is 0 Å². The van der Waals surface area contributed by atoms with E-state index in [1.165, 1.54) is 0 Å². The van der Waals surface area contributed by atoms with E-state index in [4.69, 9.17) is 0 Å². The van der Waals surface area contributed by atoms with Gasteiger partial charge >= 0.3 is 0 Å². The van der Waals surface area contributed by atoms with Crippen LogP contribution in [0.4, 0.5) is 0 Å². The van der Waals surface area contributed by atoms with Crippen LogP contribution in [0.1, 0.15) is 40.2 Å². The molecule has 0 radical (unpaired) electrons. The molecule has 0 fully saturated rings. The van der Waals surface area contributed by atoms with Crippen molar-refractivity contribution in [3.05, 3.63) is 35.9 Å². The van der Waals surface area contributed by atoms with E-state index in [2.05, 4.69) is 5.32 Å². The Labute approximate surface area is 98.1 Å². The first-order valence-electron chi connectivity index (χ1n) is 5.61. The van der Waals surface area contributed by atoms with Crippen molar-refractivity contribution >= 4 is 5.91 Å². The smallest absolute Gasteiger partial charge is 0.226 e. The first-order chi connectivity index (χ1) is 7.23. The number of benzene rings is 1. The second kappa shape index (κ2) is 4.28. The average Bonchev–Trinajstić information content (AvgIpc) is 2.17. The summed E-state index contributed by atoms with van der Waals surface area (Å²) in [5, 5.41) is 3.07. The van der Waals surface area contributed by atoms with Gasteiger partial charge in [-0.25, -0.2) is 0 Å². The summed E-state index contributed by atoms with van der Waals surface area (Å²) in [7, 11) is 0. The molecule has 0 saturated carbocycles. The molecule has 2 heteroatoms. The predicted octanol–water partition coefficient (Wildman–Crippen LogP) is 3.08. The summed E-state index contributed by atoms with van der Waals surface area (Å²) in [5.74, 6) is 0.0707. The van der Waals surface area contributed by atoms with Crippen LogP contribution in [0.15, 0.2) is 30.3 Å². The van der Waals surface area contributed by atoms with Crippen LogP contribution in [0.2, 0.25) is 0 Å². The molecule has 0 spiro atoms. The van der Waals surface area contributed by atoms with Crippen molar-refractivity contribution in [3.63, 3.8) is 0 Å². The van der Waals surface area contributed by atoms with Gasteiger partial charge in [0.15, 0.2) is 0 Å². The number of nitrogens with one attached hydrogen (secondary N) is 1. The number of carbonyl (C=O) groups excluding carboxylic acids is 1.